The average Bonchev–Trinajstić information content (AvgIpc) is 3.09. The monoisotopic (exact) mass is 274 g/mol. The molecule has 0 spiro atoms. The number of nitro groups is 1. The Morgan fingerprint density at radius 1 is 1.44 bits per heavy atom. The van der Waals surface area contributed by atoms with E-state index in [4.69, 9.17) is 0 Å². The van der Waals surface area contributed by atoms with Crippen LogP contribution in [-0.4, -0.2) is 19.9 Å². The van der Waals surface area contributed by atoms with E-state index in [1.54, 1.807) is 0 Å². The standard InChI is InChI=1S/C10H11FN2O4S/c11-8-2-1-3-9(10(8)13(14)15)18(16,17)12-6-7-4-5-7/h1-3,7,12H,4-6H2. The smallest absolute Gasteiger partial charge is 0.258 e. The average molecular weight is 274 g/mol. The predicted molar refractivity (Wildman–Crippen MR) is 61.0 cm³/mol. The Morgan fingerprint density at radius 2 is 2.11 bits per heavy atom. The molecule has 0 amide bonds. The molecule has 6 nitrogen and oxygen atoms in total. The second-order valence-electron chi connectivity index (χ2n) is 4.14. The summed E-state index contributed by atoms with van der Waals surface area (Å²) >= 11 is 0. The maximum Gasteiger partial charge on any atom is 0.324 e. The van der Waals surface area contributed by atoms with Crippen molar-refractivity contribution in [3.8, 4) is 0 Å². The van der Waals surface area contributed by atoms with Crippen LogP contribution in [0.5, 0.6) is 0 Å². The van der Waals surface area contributed by atoms with E-state index >= 15 is 0 Å². The molecule has 0 bridgehead atoms. The largest absolute Gasteiger partial charge is 0.324 e. The van der Waals surface area contributed by atoms with Crippen LogP contribution in [0, 0.1) is 21.8 Å². The van der Waals surface area contributed by atoms with Crippen molar-refractivity contribution in [2.75, 3.05) is 6.54 Å². The molecule has 98 valence electrons. The summed E-state index contributed by atoms with van der Waals surface area (Å²) in [5.41, 5.74) is -1.01. The van der Waals surface area contributed by atoms with Gasteiger partial charge in [-0.15, -0.1) is 0 Å². The van der Waals surface area contributed by atoms with E-state index in [0.717, 1.165) is 31.0 Å². The van der Waals surface area contributed by atoms with Gasteiger partial charge in [0, 0.05) is 6.54 Å². The van der Waals surface area contributed by atoms with Crippen LogP contribution in [0.25, 0.3) is 0 Å². The predicted octanol–water partition coefficient (Wildman–Crippen LogP) is 1.42. The molecule has 18 heavy (non-hydrogen) atoms. The highest BCUT2D eigenvalue weighted by atomic mass is 32.2. The Morgan fingerprint density at radius 3 is 2.67 bits per heavy atom. The zero-order chi connectivity index (χ0) is 13.3. The number of halogens is 1. The molecular weight excluding hydrogens is 263 g/mol. The van der Waals surface area contributed by atoms with Crippen molar-refractivity contribution in [3.05, 3.63) is 34.1 Å². The fourth-order valence-electron chi connectivity index (χ4n) is 1.52. The van der Waals surface area contributed by atoms with Gasteiger partial charge in [0.05, 0.1) is 4.92 Å². The molecule has 0 aromatic heterocycles. The van der Waals surface area contributed by atoms with Gasteiger partial charge in [-0.05, 0) is 30.9 Å². The highest BCUT2D eigenvalue weighted by Gasteiger charge is 2.31. The molecule has 0 radical (unpaired) electrons. The Labute approximate surface area is 103 Å². The van der Waals surface area contributed by atoms with Crippen LogP contribution in [0.1, 0.15) is 12.8 Å². The molecule has 0 aliphatic heterocycles. The number of nitrogens with one attached hydrogen (secondary N) is 1. The topological polar surface area (TPSA) is 89.3 Å². The van der Waals surface area contributed by atoms with Gasteiger partial charge >= 0.3 is 5.69 Å². The first-order valence-electron chi connectivity index (χ1n) is 5.34. The van der Waals surface area contributed by atoms with Crippen LogP contribution in [0.15, 0.2) is 23.1 Å². The van der Waals surface area contributed by atoms with E-state index in [1.807, 2.05) is 0 Å². The van der Waals surface area contributed by atoms with Crippen molar-refractivity contribution in [2.45, 2.75) is 17.7 Å². The number of hydrogen-bond acceptors (Lipinski definition) is 4. The Kier molecular flexibility index (Phi) is 3.31. The van der Waals surface area contributed by atoms with Gasteiger partial charge in [-0.1, -0.05) is 6.07 Å². The fourth-order valence-corrected chi connectivity index (χ4v) is 2.81. The van der Waals surface area contributed by atoms with Crippen LogP contribution >= 0.6 is 0 Å². The minimum absolute atomic E-state index is 0.232. The van der Waals surface area contributed by atoms with Gasteiger partial charge in [0.2, 0.25) is 15.8 Å². The molecule has 0 heterocycles. The van der Waals surface area contributed by atoms with E-state index in [0.29, 0.717) is 0 Å². The minimum atomic E-state index is -4.05. The summed E-state index contributed by atoms with van der Waals surface area (Å²) < 4.78 is 39.3. The molecule has 1 N–H and O–H groups in total. The molecule has 0 saturated heterocycles. The van der Waals surface area contributed by atoms with Crippen LogP contribution in [0.2, 0.25) is 0 Å². The van der Waals surface area contributed by atoms with Crippen LogP contribution < -0.4 is 4.72 Å². The van der Waals surface area contributed by atoms with Crippen molar-refractivity contribution < 1.29 is 17.7 Å². The number of nitrogens with zero attached hydrogens (tertiary/aromatic N) is 1. The molecule has 1 aromatic carbocycles. The lowest BCUT2D eigenvalue weighted by Gasteiger charge is -2.06. The van der Waals surface area contributed by atoms with Gasteiger partial charge in [-0.25, -0.2) is 13.1 Å². The van der Waals surface area contributed by atoms with E-state index in [2.05, 4.69) is 4.72 Å². The van der Waals surface area contributed by atoms with Crippen molar-refractivity contribution >= 4 is 15.7 Å². The third-order valence-corrected chi connectivity index (χ3v) is 4.14. The van der Waals surface area contributed by atoms with Gasteiger partial charge in [-0.2, -0.15) is 4.39 Å². The second-order valence-corrected chi connectivity index (χ2v) is 5.87. The maximum absolute atomic E-state index is 13.3. The second kappa shape index (κ2) is 4.62. The lowest BCUT2D eigenvalue weighted by atomic mass is 10.3. The number of hydrogen-bond donors (Lipinski definition) is 1. The van der Waals surface area contributed by atoms with Gasteiger partial charge in [0.15, 0.2) is 4.90 Å². The zero-order valence-corrected chi connectivity index (χ0v) is 10.1. The fraction of sp³-hybridized carbons (Fsp3) is 0.400. The summed E-state index contributed by atoms with van der Waals surface area (Å²) in [7, 11) is -4.05. The summed E-state index contributed by atoms with van der Waals surface area (Å²) in [5, 5.41) is 10.7. The van der Waals surface area contributed by atoms with Crippen molar-refractivity contribution in [1.29, 1.82) is 0 Å². The molecule has 1 aromatic rings. The molecule has 0 atom stereocenters. The highest BCUT2D eigenvalue weighted by Crippen LogP contribution is 2.30. The van der Waals surface area contributed by atoms with E-state index in [9.17, 15) is 22.9 Å². The quantitative estimate of drug-likeness (QED) is 0.649. The first-order chi connectivity index (χ1) is 8.42. The van der Waals surface area contributed by atoms with Gasteiger partial charge < -0.3 is 0 Å². The van der Waals surface area contributed by atoms with Crippen LogP contribution in [0.3, 0.4) is 0 Å². The van der Waals surface area contributed by atoms with Gasteiger partial charge in [-0.3, -0.25) is 10.1 Å². The van der Waals surface area contributed by atoms with Gasteiger partial charge in [0.25, 0.3) is 0 Å². The summed E-state index contributed by atoms with van der Waals surface area (Å²) in [6, 6.07) is 3.02. The lowest BCUT2D eigenvalue weighted by Crippen LogP contribution is -2.26. The molecule has 8 heteroatoms. The Hall–Kier alpha value is -1.54. The number of para-hydroxylation sites is 1. The highest BCUT2D eigenvalue weighted by molar-refractivity contribution is 7.89. The van der Waals surface area contributed by atoms with Crippen molar-refractivity contribution in [1.82, 2.24) is 4.72 Å². The minimum Gasteiger partial charge on any atom is -0.258 e. The first kappa shape index (κ1) is 12.9. The third-order valence-electron chi connectivity index (χ3n) is 2.68. The van der Waals surface area contributed by atoms with Crippen LogP contribution in [0.4, 0.5) is 10.1 Å². The van der Waals surface area contributed by atoms with Gasteiger partial charge in [0.1, 0.15) is 0 Å². The molecule has 2 rings (SSSR count). The Bertz CT molecular complexity index is 584. The molecule has 1 fully saturated rings. The number of sulfonamides is 1. The van der Waals surface area contributed by atoms with E-state index in [-0.39, 0.29) is 12.5 Å². The number of rotatable bonds is 5. The van der Waals surface area contributed by atoms with Crippen molar-refractivity contribution in [2.24, 2.45) is 5.92 Å². The maximum atomic E-state index is 13.3. The summed E-state index contributed by atoms with van der Waals surface area (Å²) in [6.45, 7) is 0.232. The first-order valence-corrected chi connectivity index (χ1v) is 6.82. The molecule has 1 aliphatic rings. The van der Waals surface area contributed by atoms with Crippen LogP contribution in [-0.2, 0) is 10.0 Å². The number of nitro benzene ring substituents is 1. The number of benzene rings is 1. The zero-order valence-electron chi connectivity index (χ0n) is 9.30. The summed E-state index contributed by atoms with van der Waals surface area (Å²) in [5.74, 6) is -0.873. The van der Waals surface area contributed by atoms with Crippen molar-refractivity contribution in [3.63, 3.8) is 0 Å². The SMILES string of the molecule is O=[N+]([O-])c1c(F)cccc1S(=O)(=O)NCC1CC1. The molecule has 0 unspecified atom stereocenters. The normalized spacial score (nSPS) is 15.6. The van der Waals surface area contributed by atoms with E-state index in [1.165, 1.54) is 0 Å². The summed E-state index contributed by atoms with van der Waals surface area (Å²) in [4.78, 5) is 9.05. The molecule has 1 saturated carbocycles. The third kappa shape index (κ3) is 2.65. The van der Waals surface area contributed by atoms with E-state index < -0.39 is 31.3 Å². The Balaban J connectivity index is 2.36. The lowest BCUT2D eigenvalue weighted by molar-refractivity contribution is -0.390. The molecular formula is C10H11FN2O4S. The summed E-state index contributed by atoms with van der Waals surface area (Å²) in [6.07, 6.45) is 1.88. The molecule has 1 aliphatic carbocycles.